The highest BCUT2D eigenvalue weighted by atomic mass is 32.2. The molecular formula is C17H16N2O4S2. The number of aromatic nitrogens is 1. The van der Waals surface area contributed by atoms with Crippen LogP contribution in [0, 0.1) is 6.92 Å². The summed E-state index contributed by atoms with van der Waals surface area (Å²) in [7, 11) is -3.55. The largest absolute Gasteiger partial charge is 0.459 e. The third-order valence-electron chi connectivity index (χ3n) is 3.47. The minimum Gasteiger partial charge on any atom is -0.459 e. The van der Waals surface area contributed by atoms with Gasteiger partial charge in [-0.25, -0.2) is 13.4 Å². The number of nitrogens with zero attached hydrogens (tertiary/aromatic N) is 1. The number of aryl methyl sites for hydroxylation is 1. The van der Waals surface area contributed by atoms with E-state index in [4.69, 9.17) is 4.42 Å². The van der Waals surface area contributed by atoms with Gasteiger partial charge in [0, 0.05) is 16.6 Å². The predicted molar refractivity (Wildman–Crippen MR) is 94.1 cm³/mol. The van der Waals surface area contributed by atoms with Crippen molar-refractivity contribution in [2.24, 2.45) is 0 Å². The van der Waals surface area contributed by atoms with Crippen LogP contribution in [0.1, 0.15) is 26.8 Å². The summed E-state index contributed by atoms with van der Waals surface area (Å²) in [4.78, 5) is 16.8. The van der Waals surface area contributed by atoms with Crippen molar-refractivity contribution >= 4 is 27.1 Å². The smallest absolute Gasteiger partial charge is 0.287 e. The molecule has 0 saturated heterocycles. The van der Waals surface area contributed by atoms with Gasteiger partial charge in [-0.2, -0.15) is 0 Å². The predicted octanol–water partition coefficient (Wildman–Crippen LogP) is 2.95. The maximum absolute atomic E-state index is 12.5. The van der Waals surface area contributed by atoms with E-state index in [0.29, 0.717) is 5.56 Å². The van der Waals surface area contributed by atoms with Gasteiger partial charge in [-0.05, 0) is 25.1 Å². The molecule has 6 nitrogen and oxygen atoms in total. The van der Waals surface area contributed by atoms with Crippen LogP contribution in [-0.2, 0) is 22.1 Å². The van der Waals surface area contributed by atoms with Gasteiger partial charge in [0.1, 0.15) is 5.01 Å². The lowest BCUT2D eigenvalue weighted by atomic mass is 10.2. The standard InChI is InChI=1S/C17H16N2O4S2/c1-12-10-24-15(19-12)9-18-17(20)16-13(7-8-23-16)11-25(21,22)14-5-3-2-4-6-14/h2-8,10H,9,11H2,1H3,(H,18,20). The van der Waals surface area contributed by atoms with Crippen molar-refractivity contribution in [2.45, 2.75) is 24.1 Å². The first-order valence-corrected chi connectivity index (χ1v) is 10.0. The molecule has 2 heterocycles. The van der Waals surface area contributed by atoms with E-state index in [1.807, 2.05) is 12.3 Å². The molecule has 2 aromatic heterocycles. The van der Waals surface area contributed by atoms with Crippen LogP contribution in [0.15, 0.2) is 57.4 Å². The number of benzene rings is 1. The highest BCUT2D eigenvalue weighted by molar-refractivity contribution is 7.90. The summed E-state index contributed by atoms with van der Waals surface area (Å²) in [5, 5.41) is 5.37. The minimum atomic E-state index is -3.55. The first-order valence-electron chi connectivity index (χ1n) is 7.49. The molecule has 0 spiro atoms. The van der Waals surface area contributed by atoms with Crippen molar-refractivity contribution in [3.05, 3.63) is 70.1 Å². The van der Waals surface area contributed by atoms with E-state index >= 15 is 0 Å². The molecule has 1 N–H and O–H groups in total. The van der Waals surface area contributed by atoms with Crippen molar-refractivity contribution in [3.63, 3.8) is 0 Å². The Hall–Kier alpha value is -2.45. The Kier molecular flexibility index (Phi) is 5.00. The molecule has 1 aromatic carbocycles. The second-order valence-electron chi connectivity index (χ2n) is 5.41. The molecule has 0 fully saturated rings. The molecule has 0 unspecified atom stereocenters. The Labute approximate surface area is 149 Å². The van der Waals surface area contributed by atoms with Crippen LogP contribution in [0.25, 0.3) is 0 Å². The van der Waals surface area contributed by atoms with Gasteiger partial charge in [0.05, 0.1) is 23.5 Å². The second-order valence-corrected chi connectivity index (χ2v) is 8.34. The van der Waals surface area contributed by atoms with Gasteiger partial charge in [0.25, 0.3) is 5.91 Å². The number of hydrogen-bond acceptors (Lipinski definition) is 6. The summed E-state index contributed by atoms with van der Waals surface area (Å²) < 4.78 is 30.2. The first-order chi connectivity index (χ1) is 12.0. The highest BCUT2D eigenvalue weighted by Crippen LogP contribution is 2.20. The van der Waals surface area contributed by atoms with E-state index in [1.165, 1.54) is 35.8 Å². The number of carbonyl (C=O) groups is 1. The topological polar surface area (TPSA) is 89.3 Å². The maximum Gasteiger partial charge on any atom is 0.287 e. The van der Waals surface area contributed by atoms with Crippen molar-refractivity contribution in [2.75, 3.05) is 0 Å². The maximum atomic E-state index is 12.5. The van der Waals surface area contributed by atoms with Crippen molar-refractivity contribution in [1.29, 1.82) is 0 Å². The van der Waals surface area contributed by atoms with E-state index in [0.717, 1.165) is 10.7 Å². The normalized spacial score (nSPS) is 11.4. The van der Waals surface area contributed by atoms with Crippen molar-refractivity contribution in [3.8, 4) is 0 Å². The van der Waals surface area contributed by atoms with Gasteiger partial charge < -0.3 is 9.73 Å². The molecule has 25 heavy (non-hydrogen) atoms. The van der Waals surface area contributed by atoms with Crippen LogP contribution in [0.3, 0.4) is 0 Å². The summed E-state index contributed by atoms with van der Waals surface area (Å²) in [5.74, 6) is -0.754. The Bertz CT molecular complexity index is 975. The van der Waals surface area contributed by atoms with Crippen molar-refractivity contribution < 1.29 is 17.6 Å². The van der Waals surface area contributed by atoms with Gasteiger partial charge >= 0.3 is 0 Å². The van der Waals surface area contributed by atoms with E-state index < -0.39 is 15.7 Å². The summed E-state index contributed by atoms with van der Waals surface area (Å²) >= 11 is 1.45. The molecule has 3 rings (SSSR count). The summed E-state index contributed by atoms with van der Waals surface area (Å²) in [5.41, 5.74) is 1.22. The van der Waals surface area contributed by atoms with E-state index in [-0.39, 0.29) is 23.0 Å². The Balaban J connectivity index is 1.73. The molecule has 0 bridgehead atoms. The Morgan fingerprint density at radius 1 is 1.24 bits per heavy atom. The average Bonchev–Trinajstić information content (AvgIpc) is 3.22. The fraction of sp³-hybridized carbons (Fsp3) is 0.176. The molecule has 0 aliphatic rings. The van der Waals surface area contributed by atoms with Gasteiger partial charge in [-0.3, -0.25) is 4.79 Å². The molecular weight excluding hydrogens is 360 g/mol. The number of thiazole rings is 1. The lowest BCUT2D eigenvalue weighted by Gasteiger charge is -2.05. The number of amides is 1. The zero-order valence-electron chi connectivity index (χ0n) is 13.4. The van der Waals surface area contributed by atoms with Gasteiger partial charge in [0.2, 0.25) is 0 Å². The number of rotatable bonds is 6. The highest BCUT2D eigenvalue weighted by Gasteiger charge is 2.22. The average molecular weight is 376 g/mol. The molecule has 130 valence electrons. The molecule has 1 amide bonds. The molecule has 8 heteroatoms. The van der Waals surface area contributed by atoms with E-state index in [1.54, 1.807) is 18.2 Å². The van der Waals surface area contributed by atoms with Gasteiger partial charge in [-0.1, -0.05) is 18.2 Å². The molecule has 0 radical (unpaired) electrons. The van der Waals surface area contributed by atoms with Gasteiger partial charge in [-0.15, -0.1) is 11.3 Å². The molecule has 0 aliphatic carbocycles. The lowest BCUT2D eigenvalue weighted by Crippen LogP contribution is -2.23. The summed E-state index contributed by atoms with van der Waals surface area (Å²) in [6.45, 7) is 2.14. The Morgan fingerprint density at radius 3 is 2.68 bits per heavy atom. The van der Waals surface area contributed by atoms with Crippen LogP contribution < -0.4 is 5.32 Å². The SMILES string of the molecule is Cc1csc(CNC(=O)c2occc2CS(=O)(=O)c2ccccc2)n1. The minimum absolute atomic E-state index is 0.00721. The fourth-order valence-corrected chi connectivity index (χ4v) is 4.37. The quantitative estimate of drug-likeness (QED) is 0.714. The summed E-state index contributed by atoms with van der Waals surface area (Å²) in [6, 6.07) is 9.62. The molecule has 0 atom stereocenters. The second kappa shape index (κ2) is 7.20. The van der Waals surface area contributed by atoms with E-state index in [9.17, 15) is 13.2 Å². The fourth-order valence-electron chi connectivity index (χ4n) is 2.28. The number of carbonyl (C=O) groups excluding carboxylic acids is 1. The Morgan fingerprint density at radius 2 is 2.00 bits per heavy atom. The third kappa shape index (κ3) is 4.15. The number of sulfone groups is 1. The van der Waals surface area contributed by atoms with Crippen LogP contribution in [-0.4, -0.2) is 19.3 Å². The number of hydrogen-bond donors (Lipinski definition) is 1. The number of nitrogens with one attached hydrogen (secondary N) is 1. The first kappa shape index (κ1) is 17.4. The molecule has 0 saturated carbocycles. The summed E-state index contributed by atoms with van der Waals surface area (Å²) in [6.07, 6.45) is 1.32. The zero-order valence-corrected chi connectivity index (χ0v) is 15.1. The monoisotopic (exact) mass is 376 g/mol. The van der Waals surface area contributed by atoms with Crippen LogP contribution in [0.4, 0.5) is 0 Å². The van der Waals surface area contributed by atoms with Gasteiger partial charge in [0.15, 0.2) is 15.6 Å². The zero-order chi connectivity index (χ0) is 17.9. The third-order valence-corrected chi connectivity index (χ3v) is 6.12. The lowest BCUT2D eigenvalue weighted by molar-refractivity contribution is 0.0922. The van der Waals surface area contributed by atoms with E-state index in [2.05, 4.69) is 10.3 Å². The molecule has 3 aromatic rings. The molecule has 0 aliphatic heterocycles. The van der Waals surface area contributed by atoms with Crippen LogP contribution >= 0.6 is 11.3 Å². The van der Waals surface area contributed by atoms with Crippen LogP contribution in [0.2, 0.25) is 0 Å². The van der Waals surface area contributed by atoms with Crippen LogP contribution in [0.5, 0.6) is 0 Å². The van der Waals surface area contributed by atoms with Crippen molar-refractivity contribution in [1.82, 2.24) is 10.3 Å². The number of furan rings is 1.